The van der Waals surface area contributed by atoms with Gasteiger partial charge < -0.3 is 39.5 Å². The number of anilines is 3. The van der Waals surface area contributed by atoms with Gasteiger partial charge in [0, 0.05) is 70.8 Å². The number of methoxy groups -OCH3 is 1. The van der Waals surface area contributed by atoms with Crippen molar-refractivity contribution in [2.75, 3.05) is 28.0 Å². The standard InChI is InChI=1S/C56H61N3O9S2/c1-6-41(60)14-11-19-69-70-56(3,4)18-17-53(63)57-40-22-34(31-67-50-28-38-26-48(61)46-24-36-12-7-9-15-44(36)58(46)54(64)42(38)20-33(50)2)21-35(23-40)32-68-52-29-39-27-49(62)47-25-37-13-8-10-16-45(37)59(47)55(65)43(39)30-51(52)66-5/h7-10,12-13,15-16,20-23,28-30,46-49,61-62H,6,11,14,17-19,24-27,31-32H2,1-5H3,(H,57,63)/t46-,47-,48?,49?/m0/s1. The number of rotatable bonds is 18. The normalized spacial score (nSPS) is 19.0. The molecule has 14 heteroatoms. The third-order valence-corrected chi connectivity index (χ3v) is 17.3. The highest BCUT2D eigenvalue weighted by Gasteiger charge is 2.43. The second-order valence-electron chi connectivity index (χ2n) is 19.5. The number of aliphatic hydroxyl groups excluding tert-OH is 2. The molecular formula is C56H61N3O9S2. The summed E-state index contributed by atoms with van der Waals surface area (Å²) >= 11 is 0. The Bertz CT molecular complexity index is 2830. The van der Waals surface area contributed by atoms with E-state index in [4.69, 9.17) is 14.2 Å². The van der Waals surface area contributed by atoms with Crippen LogP contribution in [0, 0.1) is 6.92 Å². The molecule has 0 aromatic heterocycles. The van der Waals surface area contributed by atoms with Crippen molar-refractivity contribution >= 4 is 62.2 Å². The smallest absolute Gasteiger partial charge is 0.259 e. The van der Waals surface area contributed by atoms with E-state index in [1.165, 1.54) is 7.11 Å². The molecule has 4 aliphatic heterocycles. The van der Waals surface area contributed by atoms with E-state index in [-0.39, 0.29) is 60.0 Å². The van der Waals surface area contributed by atoms with Crippen LogP contribution in [0.15, 0.2) is 91.0 Å². The van der Waals surface area contributed by atoms with Gasteiger partial charge in [-0.1, -0.05) is 64.9 Å². The number of hydrogen-bond acceptors (Lipinski definition) is 11. The van der Waals surface area contributed by atoms with Gasteiger partial charge in [-0.2, -0.15) is 0 Å². The summed E-state index contributed by atoms with van der Waals surface area (Å²) in [5.41, 5.74) is 8.96. The highest BCUT2D eigenvalue weighted by atomic mass is 33.1. The van der Waals surface area contributed by atoms with E-state index >= 15 is 0 Å². The lowest BCUT2D eigenvalue weighted by Crippen LogP contribution is -2.43. The Balaban J connectivity index is 0.938. The number of carbonyl (C=O) groups excluding carboxylic acids is 4. The SMILES string of the molecule is CCC(=O)CCCSSC(C)(C)CCC(=O)Nc1cc(COc2cc3c(cc2C)C(=O)N2c4ccccc4C[C@H]2C(O)C3)cc(COc2cc3c(cc2OC)C(=O)N2c4ccccc4C[C@H]2C(O)C3)c1. The van der Waals surface area contributed by atoms with Crippen molar-refractivity contribution < 1.29 is 43.6 Å². The molecule has 0 spiro atoms. The number of aryl methyl sites for hydroxylation is 1. The average Bonchev–Trinajstić information content (AvgIpc) is 3.89. The lowest BCUT2D eigenvalue weighted by Gasteiger charge is -2.26. The van der Waals surface area contributed by atoms with Gasteiger partial charge in [-0.05, 0) is 140 Å². The summed E-state index contributed by atoms with van der Waals surface area (Å²) in [5, 5.41) is 26.1. The van der Waals surface area contributed by atoms with E-state index in [0.29, 0.717) is 84.6 Å². The Hall–Kier alpha value is -5.80. The summed E-state index contributed by atoms with van der Waals surface area (Å²) in [5.74, 6) is 2.05. The molecule has 0 saturated heterocycles. The number of nitrogens with zero attached hydrogens (tertiary/aromatic N) is 2. The quantitative estimate of drug-likeness (QED) is 0.0568. The summed E-state index contributed by atoms with van der Waals surface area (Å²) in [6.45, 7) is 8.26. The van der Waals surface area contributed by atoms with Gasteiger partial charge in [0.05, 0.1) is 31.4 Å². The molecule has 0 aliphatic carbocycles. The van der Waals surface area contributed by atoms with Gasteiger partial charge in [-0.15, -0.1) is 0 Å². The molecule has 0 radical (unpaired) electrons. The fourth-order valence-electron chi connectivity index (χ4n) is 10.2. The average molecular weight is 984 g/mol. The van der Waals surface area contributed by atoms with Gasteiger partial charge in [-0.25, -0.2) is 0 Å². The van der Waals surface area contributed by atoms with Crippen LogP contribution in [0.1, 0.15) is 113 Å². The lowest BCUT2D eigenvalue weighted by molar-refractivity contribution is -0.119. The number of nitrogens with one attached hydrogen (secondary N) is 1. The first-order valence-electron chi connectivity index (χ1n) is 24.2. The van der Waals surface area contributed by atoms with Crippen LogP contribution in [0.5, 0.6) is 17.2 Å². The highest BCUT2D eigenvalue weighted by Crippen LogP contribution is 2.43. The van der Waals surface area contributed by atoms with Crippen LogP contribution >= 0.6 is 21.6 Å². The van der Waals surface area contributed by atoms with Crippen LogP contribution in [-0.4, -0.2) is 75.6 Å². The Morgan fingerprint density at radius 3 is 1.86 bits per heavy atom. The number of benzene rings is 5. The molecule has 9 rings (SSSR count). The summed E-state index contributed by atoms with van der Waals surface area (Å²) in [6.07, 6.45) is 3.10. The maximum absolute atomic E-state index is 14.2. The number of ether oxygens (including phenoxy) is 3. The molecule has 5 aromatic carbocycles. The van der Waals surface area contributed by atoms with Crippen molar-refractivity contribution in [2.45, 2.75) is 128 Å². The number of carbonyl (C=O) groups is 4. The van der Waals surface area contributed by atoms with E-state index in [1.807, 2.05) is 92.7 Å². The molecule has 5 aromatic rings. The van der Waals surface area contributed by atoms with E-state index in [9.17, 15) is 29.4 Å². The maximum atomic E-state index is 14.2. The zero-order chi connectivity index (χ0) is 49.3. The molecule has 4 atom stereocenters. The Morgan fingerprint density at radius 2 is 1.27 bits per heavy atom. The van der Waals surface area contributed by atoms with Crippen LogP contribution in [0.25, 0.3) is 0 Å². The molecule has 0 fully saturated rings. The van der Waals surface area contributed by atoms with E-state index in [2.05, 4.69) is 19.2 Å². The highest BCUT2D eigenvalue weighted by molar-refractivity contribution is 8.77. The third kappa shape index (κ3) is 10.5. The molecular weight excluding hydrogens is 923 g/mol. The molecule has 2 unspecified atom stereocenters. The Labute approximate surface area is 417 Å². The number of amides is 3. The molecule has 3 amide bonds. The van der Waals surface area contributed by atoms with Crippen molar-refractivity contribution in [2.24, 2.45) is 0 Å². The summed E-state index contributed by atoms with van der Waals surface area (Å²) in [6, 6.07) is 27.8. The van der Waals surface area contributed by atoms with Crippen molar-refractivity contribution in [3.05, 3.63) is 141 Å². The number of ketones is 1. The predicted molar refractivity (Wildman–Crippen MR) is 277 cm³/mol. The number of para-hydroxylation sites is 2. The van der Waals surface area contributed by atoms with Crippen molar-refractivity contribution in [3.63, 3.8) is 0 Å². The van der Waals surface area contributed by atoms with Crippen molar-refractivity contribution in [1.29, 1.82) is 0 Å². The number of hydrogen-bond donors (Lipinski definition) is 3. The van der Waals surface area contributed by atoms with Crippen LogP contribution < -0.4 is 29.3 Å². The first-order chi connectivity index (χ1) is 33.7. The predicted octanol–water partition coefficient (Wildman–Crippen LogP) is 9.78. The van der Waals surface area contributed by atoms with Gasteiger partial charge in [0.2, 0.25) is 5.91 Å². The molecule has 4 aliphatic rings. The Kier molecular flexibility index (Phi) is 14.7. The summed E-state index contributed by atoms with van der Waals surface area (Å²) in [4.78, 5) is 57.1. The summed E-state index contributed by atoms with van der Waals surface area (Å²) < 4.78 is 18.6. The van der Waals surface area contributed by atoms with Gasteiger partial charge in [0.1, 0.15) is 24.7 Å². The van der Waals surface area contributed by atoms with E-state index < -0.39 is 12.2 Å². The van der Waals surface area contributed by atoms with Crippen LogP contribution in [0.4, 0.5) is 17.1 Å². The minimum absolute atomic E-state index is 0.0773. The zero-order valence-electron chi connectivity index (χ0n) is 40.4. The number of Topliss-reactive ketones (excluding diaryl/α,β-unsaturated/α-hetero) is 1. The first-order valence-corrected chi connectivity index (χ1v) is 26.6. The number of fused-ring (bicyclic) bond motifs is 8. The molecule has 12 nitrogen and oxygen atoms in total. The first kappa shape index (κ1) is 49.2. The van der Waals surface area contributed by atoms with Crippen molar-refractivity contribution in [3.8, 4) is 17.2 Å². The van der Waals surface area contributed by atoms with Crippen LogP contribution in [0.3, 0.4) is 0 Å². The van der Waals surface area contributed by atoms with E-state index in [0.717, 1.165) is 56.9 Å². The van der Waals surface area contributed by atoms with E-state index in [1.54, 1.807) is 43.5 Å². The van der Waals surface area contributed by atoms with Crippen LogP contribution in [0.2, 0.25) is 0 Å². The fourth-order valence-corrected chi connectivity index (χ4v) is 12.8. The largest absolute Gasteiger partial charge is 0.493 e. The second kappa shape index (κ2) is 20.9. The lowest BCUT2D eigenvalue weighted by atomic mass is 9.96. The monoisotopic (exact) mass is 983 g/mol. The van der Waals surface area contributed by atoms with Gasteiger partial charge in [0.15, 0.2) is 11.5 Å². The molecule has 3 N–H and O–H groups in total. The molecule has 366 valence electrons. The van der Waals surface area contributed by atoms with Crippen LogP contribution in [-0.2, 0) is 48.5 Å². The fraction of sp³-hybridized carbons (Fsp3) is 0.393. The van der Waals surface area contributed by atoms with Gasteiger partial charge in [0.25, 0.3) is 11.8 Å². The number of aliphatic hydroxyl groups is 2. The molecule has 70 heavy (non-hydrogen) atoms. The van der Waals surface area contributed by atoms with Crippen molar-refractivity contribution in [1.82, 2.24) is 0 Å². The molecule has 4 heterocycles. The summed E-state index contributed by atoms with van der Waals surface area (Å²) in [7, 11) is 5.01. The zero-order valence-corrected chi connectivity index (χ0v) is 42.1. The Morgan fingerprint density at radius 1 is 0.714 bits per heavy atom. The van der Waals surface area contributed by atoms with Gasteiger partial charge >= 0.3 is 0 Å². The minimum Gasteiger partial charge on any atom is -0.493 e. The van der Waals surface area contributed by atoms with Gasteiger partial charge in [-0.3, -0.25) is 19.2 Å². The third-order valence-electron chi connectivity index (χ3n) is 13.9. The molecule has 0 saturated carbocycles. The topological polar surface area (TPSA) is 155 Å². The maximum Gasteiger partial charge on any atom is 0.259 e. The molecule has 0 bridgehead atoms. The minimum atomic E-state index is -0.796. The second-order valence-corrected chi connectivity index (χ2v) is 22.6.